The van der Waals surface area contributed by atoms with E-state index in [0.717, 1.165) is 29.0 Å². The first kappa shape index (κ1) is 21.0. The normalized spacial score (nSPS) is 11.4. The lowest BCUT2D eigenvalue weighted by atomic mass is 10.1. The Bertz CT molecular complexity index is 1190. The maximum Gasteiger partial charge on any atom is 0.247 e. The van der Waals surface area contributed by atoms with Gasteiger partial charge in [-0.15, -0.1) is 0 Å². The van der Waals surface area contributed by atoms with Gasteiger partial charge in [-0.3, -0.25) is 0 Å². The second-order valence-electron chi connectivity index (χ2n) is 7.57. The zero-order valence-electron chi connectivity index (χ0n) is 16.8. The lowest BCUT2D eigenvalue weighted by Crippen LogP contribution is -2.00. The Morgan fingerprint density at radius 3 is 2.37 bits per heavy atom. The first-order valence-corrected chi connectivity index (χ1v) is 10.7. The maximum absolute atomic E-state index is 6.51. The minimum atomic E-state index is 0.474. The molecule has 0 bridgehead atoms. The van der Waals surface area contributed by atoms with E-state index in [1.807, 2.05) is 37.3 Å². The highest BCUT2D eigenvalue weighted by Gasteiger charge is 2.23. The lowest BCUT2D eigenvalue weighted by Gasteiger charge is -2.11. The molecule has 0 aliphatic carbocycles. The van der Waals surface area contributed by atoms with Gasteiger partial charge in [-0.25, -0.2) is 9.67 Å². The summed E-state index contributed by atoms with van der Waals surface area (Å²) >= 11 is 18.7. The molecule has 0 saturated carbocycles. The molecule has 0 radical (unpaired) electrons. The van der Waals surface area contributed by atoms with Crippen LogP contribution in [0.3, 0.4) is 0 Å². The van der Waals surface area contributed by atoms with Crippen LogP contribution in [0.25, 0.3) is 28.5 Å². The van der Waals surface area contributed by atoms with Crippen molar-refractivity contribution in [1.82, 2.24) is 14.8 Å². The Labute approximate surface area is 190 Å². The van der Waals surface area contributed by atoms with Crippen LogP contribution in [0.15, 0.2) is 53.1 Å². The molecule has 0 fully saturated rings. The zero-order valence-corrected chi connectivity index (χ0v) is 19.1. The van der Waals surface area contributed by atoms with Crippen molar-refractivity contribution in [2.24, 2.45) is 5.92 Å². The monoisotopic (exact) mass is 459 g/mol. The van der Waals surface area contributed by atoms with E-state index < -0.39 is 0 Å². The van der Waals surface area contributed by atoms with Crippen LogP contribution in [0.5, 0.6) is 0 Å². The summed E-state index contributed by atoms with van der Waals surface area (Å²) in [6, 6.07) is 12.9. The molecule has 2 aromatic carbocycles. The average Bonchev–Trinajstić information content (AvgIpc) is 3.26. The fourth-order valence-electron chi connectivity index (χ4n) is 3.39. The van der Waals surface area contributed by atoms with Gasteiger partial charge >= 0.3 is 0 Å². The predicted octanol–water partition coefficient (Wildman–Crippen LogP) is 7.66. The summed E-state index contributed by atoms with van der Waals surface area (Å²) in [6.07, 6.45) is 2.59. The van der Waals surface area contributed by atoms with Gasteiger partial charge in [0, 0.05) is 27.6 Å². The first-order valence-electron chi connectivity index (χ1n) is 9.59. The largest absolute Gasteiger partial charge is 0.440 e. The van der Waals surface area contributed by atoms with Crippen molar-refractivity contribution in [3.63, 3.8) is 0 Å². The molecule has 0 amide bonds. The molecule has 0 saturated heterocycles. The molecule has 2 aromatic heterocycles. The van der Waals surface area contributed by atoms with Gasteiger partial charge in [-0.2, -0.15) is 5.10 Å². The molecule has 0 aliphatic heterocycles. The van der Waals surface area contributed by atoms with Gasteiger partial charge in [-0.05, 0) is 43.2 Å². The van der Waals surface area contributed by atoms with Crippen molar-refractivity contribution in [1.29, 1.82) is 0 Å². The van der Waals surface area contributed by atoms with Crippen molar-refractivity contribution in [3.8, 4) is 28.5 Å². The number of hydrogen-bond acceptors (Lipinski definition) is 3. The molecule has 2 heterocycles. The number of nitrogens with zero attached hydrogens (tertiary/aromatic N) is 3. The van der Waals surface area contributed by atoms with Gasteiger partial charge in [0.05, 0.1) is 22.6 Å². The van der Waals surface area contributed by atoms with E-state index in [-0.39, 0.29) is 0 Å². The standard InChI is InChI=1S/C23H20Cl3N3O/c1-13(2)10-18-12-27-23(30-18)21-14(3)22(15-4-6-16(24)7-5-15)29(28-21)20-9-8-17(25)11-19(20)26/h4-9,11-13H,10H2,1-3H3. The van der Waals surface area contributed by atoms with E-state index in [2.05, 4.69) is 18.8 Å². The molecule has 0 unspecified atom stereocenters. The van der Waals surface area contributed by atoms with E-state index in [1.54, 1.807) is 23.0 Å². The van der Waals surface area contributed by atoms with Gasteiger partial charge in [0.15, 0.2) is 5.69 Å². The van der Waals surface area contributed by atoms with Gasteiger partial charge < -0.3 is 4.42 Å². The first-order chi connectivity index (χ1) is 14.3. The molecule has 4 rings (SSSR count). The Morgan fingerprint density at radius 2 is 1.70 bits per heavy atom. The Balaban J connectivity index is 1.91. The summed E-state index contributed by atoms with van der Waals surface area (Å²) in [4.78, 5) is 4.48. The van der Waals surface area contributed by atoms with Gasteiger partial charge in [-0.1, -0.05) is 60.8 Å². The minimum absolute atomic E-state index is 0.474. The van der Waals surface area contributed by atoms with Crippen LogP contribution >= 0.6 is 34.8 Å². The molecule has 154 valence electrons. The van der Waals surface area contributed by atoms with Crippen LogP contribution < -0.4 is 0 Å². The second-order valence-corrected chi connectivity index (χ2v) is 8.85. The molecule has 7 heteroatoms. The second kappa shape index (κ2) is 8.46. The van der Waals surface area contributed by atoms with Crippen molar-refractivity contribution in [2.45, 2.75) is 27.2 Å². The molecule has 4 aromatic rings. The molecule has 30 heavy (non-hydrogen) atoms. The SMILES string of the molecule is Cc1c(-c2ncc(CC(C)C)o2)nn(-c2ccc(Cl)cc2Cl)c1-c1ccc(Cl)cc1. The van der Waals surface area contributed by atoms with Gasteiger partial charge in [0.1, 0.15) is 5.76 Å². The Hall–Kier alpha value is -2.27. The third-order valence-corrected chi connectivity index (χ3v) is 5.53. The topological polar surface area (TPSA) is 43.9 Å². The quantitative estimate of drug-likeness (QED) is 0.307. The minimum Gasteiger partial charge on any atom is -0.440 e. The van der Waals surface area contributed by atoms with Crippen LogP contribution in [0, 0.1) is 12.8 Å². The number of hydrogen-bond donors (Lipinski definition) is 0. The fourth-order valence-corrected chi connectivity index (χ4v) is 4.00. The van der Waals surface area contributed by atoms with E-state index in [1.165, 1.54) is 0 Å². The Morgan fingerprint density at radius 1 is 1.00 bits per heavy atom. The highest BCUT2D eigenvalue weighted by atomic mass is 35.5. The van der Waals surface area contributed by atoms with Crippen molar-refractivity contribution in [2.75, 3.05) is 0 Å². The summed E-state index contributed by atoms with van der Waals surface area (Å²) in [5.74, 6) is 1.80. The molecular weight excluding hydrogens is 441 g/mol. The zero-order chi connectivity index (χ0) is 21.4. The highest BCUT2D eigenvalue weighted by Crippen LogP contribution is 2.36. The molecule has 0 aliphatic rings. The molecule has 4 nitrogen and oxygen atoms in total. The van der Waals surface area contributed by atoms with Crippen molar-refractivity contribution < 1.29 is 4.42 Å². The summed E-state index contributed by atoms with van der Waals surface area (Å²) in [5.41, 5.74) is 4.15. The summed E-state index contributed by atoms with van der Waals surface area (Å²) in [6.45, 7) is 6.28. The van der Waals surface area contributed by atoms with Crippen LogP contribution in [0.2, 0.25) is 15.1 Å². The van der Waals surface area contributed by atoms with Gasteiger partial charge in [0.2, 0.25) is 5.89 Å². The fraction of sp³-hybridized carbons (Fsp3) is 0.217. The number of rotatable bonds is 5. The number of halogens is 3. The summed E-state index contributed by atoms with van der Waals surface area (Å²) in [5, 5.41) is 6.56. The molecular formula is C23H20Cl3N3O. The third kappa shape index (κ3) is 4.13. The highest BCUT2D eigenvalue weighted by molar-refractivity contribution is 6.35. The van der Waals surface area contributed by atoms with Crippen molar-refractivity contribution >= 4 is 34.8 Å². The van der Waals surface area contributed by atoms with E-state index in [4.69, 9.17) is 44.3 Å². The smallest absolute Gasteiger partial charge is 0.247 e. The van der Waals surface area contributed by atoms with E-state index in [9.17, 15) is 0 Å². The maximum atomic E-state index is 6.51. The van der Waals surface area contributed by atoms with E-state index in [0.29, 0.717) is 38.3 Å². The van der Waals surface area contributed by atoms with E-state index >= 15 is 0 Å². The predicted molar refractivity (Wildman–Crippen MR) is 123 cm³/mol. The summed E-state index contributed by atoms with van der Waals surface area (Å²) < 4.78 is 7.81. The van der Waals surface area contributed by atoms with Gasteiger partial charge in [0.25, 0.3) is 0 Å². The number of benzene rings is 2. The van der Waals surface area contributed by atoms with Crippen LogP contribution in [0.1, 0.15) is 25.2 Å². The van der Waals surface area contributed by atoms with Crippen LogP contribution in [-0.2, 0) is 6.42 Å². The lowest BCUT2D eigenvalue weighted by molar-refractivity contribution is 0.478. The van der Waals surface area contributed by atoms with Crippen LogP contribution in [0.4, 0.5) is 0 Å². The molecule has 0 atom stereocenters. The van der Waals surface area contributed by atoms with Crippen LogP contribution in [-0.4, -0.2) is 14.8 Å². The number of oxazole rings is 1. The molecule has 0 spiro atoms. The van der Waals surface area contributed by atoms with Crippen molar-refractivity contribution in [3.05, 3.63) is 75.1 Å². The summed E-state index contributed by atoms with van der Waals surface area (Å²) in [7, 11) is 0. The molecule has 0 N–H and O–H groups in total. The third-order valence-electron chi connectivity index (χ3n) is 4.74. The Kier molecular flexibility index (Phi) is 5.92. The average molecular weight is 461 g/mol. The number of aromatic nitrogens is 3.